The quantitative estimate of drug-likeness (QED) is 0.800. The second kappa shape index (κ2) is 4.07. The molecule has 3 N–H and O–H groups in total. The zero-order chi connectivity index (χ0) is 11.5. The molecule has 0 atom stereocenters. The fourth-order valence-corrected chi connectivity index (χ4v) is 1.51. The van der Waals surface area contributed by atoms with E-state index in [4.69, 9.17) is 11.0 Å². The van der Waals surface area contributed by atoms with Gasteiger partial charge in [-0.3, -0.25) is 0 Å². The number of rotatable bonds is 2. The summed E-state index contributed by atoms with van der Waals surface area (Å²) in [5.41, 5.74) is 8.10. The third kappa shape index (κ3) is 1.75. The molecule has 2 rings (SSSR count). The molecular weight excluding hydrogens is 200 g/mol. The van der Waals surface area contributed by atoms with E-state index in [1.165, 1.54) is 5.56 Å². The maximum Gasteiger partial charge on any atom is 0.161 e. The summed E-state index contributed by atoms with van der Waals surface area (Å²) in [4.78, 5) is 6.99. The van der Waals surface area contributed by atoms with Crippen molar-refractivity contribution in [3.05, 3.63) is 35.5 Å². The van der Waals surface area contributed by atoms with Gasteiger partial charge in [0.2, 0.25) is 0 Å². The van der Waals surface area contributed by atoms with Crippen LogP contribution in [-0.4, -0.2) is 9.97 Å². The van der Waals surface area contributed by atoms with Gasteiger partial charge >= 0.3 is 0 Å². The van der Waals surface area contributed by atoms with E-state index in [1.807, 2.05) is 30.3 Å². The maximum atomic E-state index is 8.76. The Hall–Kier alpha value is -2.28. The number of benzene rings is 1. The predicted octanol–water partition coefficient (Wildman–Crippen LogP) is 2.09. The molecule has 0 saturated heterocycles. The Morgan fingerprint density at radius 1 is 1.38 bits per heavy atom. The van der Waals surface area contributed by atoms with Gasteiger partial charge in [0.25, 0.3) is 0 Å². The summed E-state index contributed by atoms with van der Waals surface area (Å²) >= 11 is 0. The van der Waals surface area contributed by atoms with Crippen LogP contribution in [0.4, 0.5) is 5.82 Å². The number of nitrogen functional groups attached to an aromatic ring is 1. The Bertz CT molecular complexity index is 531. The van der Waals surface area contributed by atoms with Gasteiger partial charge in [0, 0.05) is 5.56 Å². The first-order valence-corrected chi connectivity index (χ1v) is 5.09. The largest absolute Gasteiger partial charge is 0.381 e. The molecular formula is C12H12N4. The highest BCUT2D eigenvalue weighted by molar-refractivity contribution is 5.61. The number of aryl methyl sites for hydroxylation is 1. The number of aromatic amines is 1. The Labute approximate surface area is 93.7 Å². The summed E-state index contributed by atoms with van der Waals surface area (Å²) in [5, 5.41) is 8.76. The number of H-pyrrole nitrogens is 1. The lowest BCUT2D eigenvalue weighted by Crippen LogP contribution is -1.87. The van der Waals surface area contributed by atoms with E-state index in [1.54, 1.807) is 0 Å². The van der Waals surface area contributed by atoms with Crippen LogP contribution in [0, 0.1) is 11.3 Å². The predicted molar refractivity (Wildman–Crippen MR) is 62.5 cm³/mol. The van der Waals surface area contributed by atoms with Crippen LogP contribution in [0.3, 0.4) is 0 Å². The van der Waals surface area contributed by atoms with E-state index in [2.05, 4.69) is 16.9 Å². The number of nitrogens with zero attached hydrogens (tertiary/aromatic N) is 2. The van der Waals surface area contributed by atoms with Gasteiger partial charge < -0.3 is 10.7 Å². The van der Waals surface area contributed by atoms with E-state index in [9.17, 15) is 0 Å². The number of aromatic nitrogens is 2. The summed E-state index contributed by atoms with van der Waals surface area (Å²) in [7, 11) is 0. The minimum Gasteiger partial charge on any atom is -0.381 e. The molecule has 1 aromatic carbocycles. The third-order valence-electron chi connectivity index (χ3n) is 2.48. The van der Waals surface area contributed by atoms with Crippen molar-refractivity contribution in [2.75, 3.05) is 5.73 Å². The van der Waals surface area contributed by atoms with Gasteiger partial charge in [0.15, 0.2) is 11.5 Å². The van der Waals surface area contributed by atoms with Crippen LogP contribution in [-0.2, 0) is 6.42 Å². The Morgan fingerprint density at radius 2 is 2.06 bits per heavy atom. The summed E-state index contributed by atoms with van der Waals surface area (Å²) in [5.74, 6) is 0.883. The molecule has 4 heteroatoms. The summed E-state index contributed by atoms with van der Waals surface area (Å²) in [6.45, 7) is 2.10. The van der Waals surface area contributed by atoms with E-state index >= 15 is 0 Å². The summed E-state index contributed by atoms with van der Waals surface area (Å²) in [6.07, 6.45) is 1.00. The molecule has 0 aliphatic heterocycles. The first-order valence-electron chi connectivity index (χ1n) is 5.09. The van der Waals surface area contributed by atoms with Gasteiger partial charge in [0.1, 0.15) is 11.9 Å². The number of anilines is 1. The standard InChI is InChI=1S/C12H12N4/c1-2-8-3-5-9(6-4-8)12-15-10(7-13)11(14)16-12/h3-6H,2,14H2,1H3,(H,15,16). The summed E-state index contributed by atoms with van der Waals surface area (Å²) in [6, 6.07) is 9.99. The second-order valence-electron chi connectivity index (χ2n) is 3.51. The topological polar surface area (TPSA) is 78.5 Å². The van der Waals surface area contributed by atoms with Crippen molar-refractivity contribution in [3.63, 3.8) is 0 Å². The van der Waals surface area contributed by atoms with Crippen molar-refractivity contribution < 1.29 is 0 Å². The molecule has 0 unspecified atom stereocenters. The van der Waals surface area contributed by atoms with Crippen LogP contribution >= 0.6 is 0 Å². The fourth-order valence-electron chi connectivity index (χ4n) is 1.51. The van der Waals surface area contributed by atoms with Gasteiger partial charge in [-0.15, -0.1) is 0 Å². The number of nitrogens with one attached hydrogen (secondary N) is 1. The molecule has 0 amide bonds. The molecule has 0 fully saturated rings. The molecule has 1 aromatic heterocycles. The average Bonchev–Trinajstić information content (AvgIpc) is 2.71. The molecule has 4 nitrogen and oxygen atoms in total. The molecule has 2 aromatic rings. The van der Waals surface area contributed by atoms with Crippen molar-refractivity contribution in [2.45, 2.75) is 13.3 Å². The lowest BCUT2D eigenvalue weighted by atomic mass is 10.1. The third-order valence-corrected chi connectivity index (χ3v) is 2.48. The number of imidazole rings is 1. The summed E-state index contributed by atoms with van der Waals surface area (Å²) < 4.78 is 0. The van der Waals surface area contributed by atoms with Crippen molar-refractivity contribution in [1.82, 2.24) is 9.97 Å². The zero-order valence-corrected chi connectivity index (χ0v) is 8.99. The van der Waals surface area contributed by atoms with Crippen LogP contribution in [0.5, 0.6) is 0 Å². The maximum absolute atomic E-state index is 8.76. The lowest BCUT2D eigenvalue weighted by Gasteiger charge is -1.98. The SMILES string of the molecule is CCc1ccc(-c2nc(N)c(C#N)[nH]2)cc1. The van der Waals surface area contributed by atoms with Crippen LogP contribution in [0.25, 0.3) is 11.4 Å². The van der Waals surface area contributed by atoms with Gasteiger partial charge in [-0.2, -0.15) is 5.26 Å². The molecule has 0 spiro atoms. The van der Waals surface area contributed by atoms with Gasteiger partial charge in [0.05, 0.1) is 0 Å². The fraction of sp³-hybridized carbons (Fsp3) is 0.167. The molecule has 1 heterocycles. The van der Waals surface area contributed by atoms with Gasteiger partial charge in [-0.05, 0) is 12.0 Å². The minimum atomic E-state index is 0.247. The molecule has 0 bridgehead atoms. The van der Waals surface area contributed by atoms with Crippen molar-refractivity contribution in [3.8, 4) is 17.5 Å². The molecule has 0 aliphatic rings. The Morgan fingerprint density at radius 3 is 2.56 bits per heavy atom. The smallest absolute Gasteiger partial charge is 0.161 e. The molecule has 16 heavy (non-hydrogen) atoms. The number of hydrogen-bond donors (Lipinski definition) is 2. The number of hydrogen-bond acceptors (Lipinski definition) is 3. The van der Waals surface area contributed by atoms with Gasteiger partial charge in [-0.25, -0.2) is 4.98 Å². The van der Waals surface area contributed by atoms with Crippen LogP contribution in [0.15, 0.2) is 24.3 Å². The minimum absolute atomic E-state index is 0.247. The van der Waals surface area contributed by atoms with E-state index in [-0.39, 0.29) is 5.82 Å². The Kier molecular flexibility index (Phi) is 2.61. The van der Waals surface area contributed by atoms with Crippen LogP contribution in [0.2, 0.25) is 0 Å². The first-order chi connectivity index (χ1) is 7.74. The Balaban J connectivity index is 2.39. The molecule has 0 aliphatic carbocycles. The first kappa shape index (κ1) is 10.2. The highest BCUT2D eigenvalue weighted by Gasteiger charge is 2.07. The van der Waals surface area contributed by atoms with E-state index in [0.717, 1.165) is 12.0 Å². The van der Waals surface area contributed by atoms with Gasteiger partial charge in [-0.1, -0.05) is 31.2 Å². The number of nitriles is 1. The van der Waals surface area contributed by atoms with Crippen molar-refractivity contribution in [2.24, 2.45) is 0 Å². The zero-order valence-electron chi connectivity index (χ0n) is 8.99. The molecule has 80 valence electrons. The second-order valence-corrected chi connectivity index (χ2v) is 3.51. The lowest BCUT2D eigenvalue weighted by molar-refractivity contribution is 1.14. The highest BCUT2D eigenvalue weighted by atomic mass is 15.0. The molecule has 0 saturated carbocycles. The average molecular weight is 212 g/mol. The van der Waals surface area contributed by atoms with E-state index in [0.29, 0.717) is 11.5 Å². The van der Waals surface area contributed by atoms with Crippen molar-refractivity contribution >= 4 is 5.82 Å². The normalized spacial score (nSPS) is 10.0. The number of nitrogens with two attached hydrogens (primary N) is 1. The van der Waals surface area contributed by atoms with Crippen molar-refractivity contribution in [1.29, 1.82) is 5.26 Å². The highest BCUT2D eigenvalue weighted by Crippen LogP contribution is 2.19. The van der Waals surface area contributed by atoms with Crippen LogP contribution < -0.4 is 5.73 Å². The molecule has 0 radical (unpaired) electrons. The monoisotopic (exact) mass is 212 g/mol. The van der Waals surface area contributed by atoms with E-state index < -0.39 is 0 Å². The van der Waals surface area contributed by atoms with Crippen LogP contribution in [0.1, 0.15) is 18.2 Å².